The molecule has 20 heavy (non-hydrogen) atoms. The molecule has 1 heterocycles. The second-order valence-corrected chi connectivity index (χ2v) is 5.45. The summed E-state index contributed by atoms with van der Waals surface area (Å²) in [7, 11) is 0. The first-order valence-electron chi connectivity index (χ1n) is 7.41. The lowest BCUT2D eigenvalue weighted by Gasteiger charge is -2.36. The first kappa shape index (κ1) is 16.8. The molecule has 2 amide bonds. The summed E-state index contributed by atoms with van der Waals surface area (Å²) >= 11 is 5.32. The van der Waals surface area contributed by atoms with Gasteiger partial charge in [0.1, 0.15) is 0 Å². The summed E-state index contributed by atoms with van der Waals surface area (Å²) in [5.41, 5.74) is 0.0339. The normalized spacial score (nSPS) is 16.3. The maximum Gasteiger partial charge on any atom is 0.265 e. The predicted octanol–water partition coefficient (Wildman–Crippen LogP) is 2.88. The Bertz CT molecular complexity index is 373. The van der Waals surface area contributed by atoms with Crippen LogP contribution in [0.5, 0.6) is 0 Å². The highest BCUT2D eigenvalue weighted by Gasteiger charge is 2.37. The van der Waals surface area contributed by atoms with Crippen molar-refractivity contribution in [1.82, 2.24) is 9.80 Å². The van der Waals surface area contributed by atoms with E-state index in [-0.39, 0.29) is 17.4 Å². The van der Waals surface area contributed by atoms with E-state index in [9.17, 15) is 9.59 Å². The van der Waals surface area contributed by atoms with Crippen LogP contribution < -0.4 is 0 Å². The van der Waals surface area contributed by atoms with E-state index < -0.39 is 0 Å². The quantitative estimate of drug-likeness (QED) is 0.299. The van der Waals surface area contributed by atoms with Gasteiger partial charge in [-0.15, -0.1) is 0 Å². The highest BCUT2D eigenvalue weighted by atomic mass is 32.1. The van der Waals surface area contributed by atoms with Gasteiger partial charge in [-0.3, -0.25) is 19.4 Å². The molecule has 0 saturated carbocycles. The maximum atomic E-state index is 12.1. The van der Waals surface area contributed by atoms with Crippen molar-refractivity contribution < 1.29 is 9.59 Å². The Morgan fingerprint density at radius 1 is 0.900 bits per heavy atom. The van der Waals surface area contributed by atoms with Gasteiger partial charge in [-0.05, 0) is 25.1 Å². The molecule has 0 N–H and O–H groups in total. The van der Waals surface area contributed by atoms with Crippen LogP contribution in [0.3, 0.4) is 0 Å². The molecule has 1 saturated heterocycles. The molecule has 0 unspecified atom stereocenters. The molecular weight excluding hydrogens is 272 g/mol. The molecule has 0 bridgehead atoms. The van der Waals surface area contributed by atoms with E-state index in [0.717, 1.165) is 38.5 Å². The number of hydrogen-bond acceptors (Lipinski definition) is 3. The lowest BCUT2D eigenvalue weighted by Crippen LogP contribution is -2.56. The summed E-state index contributed by atoms with van der Waals surface area (Å²) in [6, 6.07) is 0. The molecule has 0 aliphatic carbocycles. The Morgan fingerprint density at radius 2 is 1.30 bits per heavy atom. The molecule has 0 aromatic heterocycles. The lowest BCUT2D eigenvalue weighted by atomic mass is 10.1. The van der Waals surface area contributed by atoms with Crippen LogP contribution in [0.1, 0.15) is 52.4 Å². The van der Waals surface area contributed by atoms with E-state index in [2.05, 4.69) is 20.4 Å². The molecule has 0 radical (unpaired) electrons. The van der Waals surface area contributed by atoms with Crippen LogP contribution in [0.15, 0.2) is 12.2 Å². The van der Waals surface area contributed by atoms with Gasteiger partial charge in [-0.2, -0.15) is 0 Å². The van der Waals surface area contributed by atoms with E-state index in [0.29, 0.717) is 18.2 Å². The maximum absolute atomic E-state index is 12.1. The van der Waals surface area contributed by atoms with Crippen LogP contribution in [0.25, 0.3) is 0 Å². The zero-order chi connectivity index (χ0) is 15.1. The minimum absolute atomic E-state index is 0.0339. The molecule has 1 aliphatic heterocycles. The van der Waals surface area contributed by atoms with Crippen LogP contribution in [0, 0.1) is 0 Å². The molecular formula is C15H24N2O2S. The first-order chi connectivity index (χ1) is 9.54. The molecule has 112 valence electrons. The topological polar surface area (TPSA) is 40.6 Å². The Labute approximate surface area is 126 Å². The number of hydrogen-bond donors (Lipinski definition) is 0. The van der Waals surface area contributed by atoms with E-state index in [4.69, 9.17) is 12.2 Å². The van der Waals surface area contributed by atoms with Gasteiger partial charge in [0.05, 0.1) is 5.57 Å². The average Bonchev–Trinajstić information content (AvgIpc) is 2.44. The number of rotatable bonds is 8. The summed E-state index contributed by atoms with van der Waals surface area (Å²) in [6.07, 6.45) is 6.04. The third kappa shape index (κ3) is 3.88. The predicted molar refractivity (Wildman–Crippen MR) is 84.2 cm³/mol. The van der Waals surface area contributed by atoms with Crippen molar-refractivity contribution in [2.75, 3.05) is 13.1 Å². The number of nitrogens with zero attached hydrogens (tertiary/aromatic N) is 2. The second kappa shape index (κ2) is 8.15. The third-order valence-corrected chi connectivity index (χ3v) is 3.88. The molecule has 1 rings (SSSR count). The molecule has 0 aromatic rings. The summed E-state index contributed by atoms with van der Waals surface area (Å²) in [5, 5.41) is 0.347. The Hall–Kier alpha value is -1.23. The minimum Gasteiger partial charge on any atom is -0.285 e. The van der Waals surface area contributed by atoms with Crippen LogP contribution in [-0.4, -0.2) is 39.8 Å². The van der Waals surface area contributed by atoms with Crippen LogP contribution in [-0.2, 0) is 9.59 Å². The van der Waals surface area contributed by atoms with E-state index in [1.807, 2.05) is 0 Å². The fourth-order valence-electron chi connectivity index (χ4n) is 2.17. The van der Waals surface area contributed by atoms with Gasteiger partial charge in [0.2, 0.25) is 0 Å². The molecule has 1 fully saturated rings. The summed E-state index contributed by atoms with van der Waals surface area (Å²) in [5.74, 6) is -0.661. The summed E-state index contributed by atoms with van der Waals surface area (Å²) < 4.78 is 0. The highest BCUT2D eigenvalue weighted by molar-refractivity contribution is 7.80. The fraction of sp³-hybridized carbons (Fsp3) is 0.667. The minimum atomic E-state index is -0.331. The van der Waals surface area contributed by atoms with Crippen LogP contribution in [0.2, 0.25) is 0 Å². The van der Waals surface area contributed by atoms with Crippen molar-refractivity contribution in [1.29, 1.82) is 0 Å². The van der Waals surface area contributed by atoms with Crippen molar-refractivity contribution in [2.45, 2.75) is 52.4 Å². The second-order valence-electron chi connectivity index (χ2n) is 5.09. The number of unbranched alkanes of at least 4 members (excludes halogenated alkanes) is 4. The van der Waals surface area contributed by atoms with Gasteiger partial charge in [-0.25, -0.2) is 0 Å². The Balaban J connectivity index is 2.74. The van der Waals surface area contributed by atoms with Gasteiger partial charge >= 0.3 is 0 Å². The highest BCUT2D eigenvalue weighted by Crippen LogP contribution is 2.18. The van der Waals surface area contributed by atoms with Crippen molar-refractivity contribution in [3.8, 4) is 0 Å². The largest absolute Gasteiger partial charge is 0.285 e. The van der Waals surface area contributed by atoms with Gasteiger partial charge in [0.15, 0.2) is 5.11 Å². The third-order valence-electron chi connectivity index (χ3n) is 3.44. The smallest absolute Gasteiger partial charge is 0.265 e. The summed E-state index contributed by atoms with van der Waals surface area (Å²) in [6.45, 7) is 8.98. The Kier molecular flexibility index (Phi) is 6.85. The first-order valence-corrected chi connectivity index (χ1v) is 7.82. The number of carbonyl (C=O) groups is 2. The molecule has 0 atom stereocenters. The fourth-order valence-corrected chi connectivity index (χ4v) is 2.52. The molecule has 0 spiro atoms. The Morgan fingerprint density at radius 3 is 1.65 bits per heavy atom. The molecule has 5 heteroatoms. The van der Waals surface area contributed by atoms with Gasteiger partial charge in [0, 0.05) is 13.1 Å². The molecule has 4 nitrogen and oxygen atoms in total. The van der Waals surface area contributed by atoms with Crippen LogP contribution in [0.4, 0.5) is 0 Å². The van der Waals surface area contributed by atoms with Crippen LogP contribution >= 0.6 is 12.2 Å². The van der Waals surface area contributed by atoms with Crippen molar-refractivity contribution in [2.24, 2.45) is 0 Å². The number of carbonyl (C=O) groups excluding carboxylic acids is 2. The van der Waals surface area contributed by atoms with E-state index >= 15 is 0 Å². The number of amides is 2. The average molecular weight is 296 g/mol. The van der Waals surface area contributed by atoms with E-state index in [1.165, 1.54) is 9.80 Å². The summed E-state index contributed by atoms with van der Waals surface area (Å²) in [4.78, 5) is 27.3. The van der Waals surface area contributed by atoms with Crippen molar-refractivity contribution in [3.05, 3.63) is 12.2 Å². The zero-order valence-corrected chi connectivity index (χ0v) is 13.3. The van der Waals surface area contributed by atoms with Gasteiger partial charge in [0.25, 0.3) is 11.8 Å². The monoisotopic (exact) mass is 296 g/mol. The number of thiocarbonyl (C=S) groups is 1. The SMILES string of the molecule is C=C1C(=O)N(CCCCC)C(=S)N(CCCCC)C1=O. The van der Waals surface area contributed by atoms with Gasteiger partial charge < -0.3 is 0 Å². The van der Waals surface area contributed by atoms with Gasteiger partial charge in [-0.1, -0.05) is 46.1 Å². The van der Waals surface area contributed by atoms with E-state index in [1.54, 1.807) is 0 Å². The zero-order valence-electron chi connectivity index (χ0n) is 12.5. The lowest BCUT2D eigenvalue weighted by molar-refractivity contribution is -0.133. The van der Waals surface area contributed by atoms with Crippen molar-refractivity contribution in [3.63, 3.8) is 0 Å². The standard InChI is InChI=1S/C15H24N2O2S/c1-4-6-8-10-16-13(18)12(3)14(19)17(15(16)20)11-9-7-5-2/h3-11H2,1-2H3. The molecule has 0 aromatic carbocycles. The molecule has 1 aliphatic rings. The van der Waals surface area contributed by atoms with Crippen molar-refractivity contribution >= 4 is 29.1 Å².